The van der Waals surface area contributed by atoms with Crippen molar-refractivity contribution in [2.24, 2.45) is 11.7 Å². The number of hydrogen-bond donors (Lipinski definition) is 2. The SMILES string of the molecule is Cc1ccc(C(C)NC(=O)C(C)C(C)N)cc1. The Morgan fingerprint density at radius 3 is 2.18 bits per heavy atom. The van der Waals surface area contributed by atoms with Gasteiger partial charge in [0.2, 0.25) is 5.91 Å². The molecule has 3 unspecified atom stereocenters. The van der Waals surface area contributed by atoms with E-state index in [2.05, 4.69) is 5.32 Å². The van der Waals surface area contributed by atoms with Crippen LogP contribution in [-0.4, -0.2) is 11.9 Å². The Hall–Kier alpha value is -1.35. The molecule has 0 aromatic heterocycles. The summed E-state index contributed by atoms with van der Waals surface area (Å²) < 4.78 is 0. The monoisotopic (exact) mass is 234 g/mol. The average molecular weight is 234 g/mol. The molecule has 0 spiro atoms. The van der Waals surface area contributed by atoms with Gasteiger partial charge in [-0.15, -0.1) is 0 Å². The van der Waals surface area contributed by atoms with E-state index >= 15 is 0 Å². The molecule has 0 aliphatic carbocycles. The van der Waals surface area contributed by atoms with Gasteiger partial charge in [-0.1, -0.05) is 36.8 Å². The van der Waals surface area contributed by atoms with E-state index in [-0.39, 0.29) is 23.9 Å². The van der Waals surface area contributed by atoms with Crippen molar-refractivity contribution >= 4 is 5.91 Å². The van der Waals surface area contributed by atoms with Gasteiger partial charge in [0.25, 0.3) is 0 Å². The molecule has 0 radical (unpaired) electrons. The van der Waals surface area contributed by atoms with Crippen LogP contribution >= 0.6 is 0 Å². The topological polar surface area (TPSA) is 55.1 Å². The Labute approximate surface area is 103 Å². The molecule has 0 saturated heterocycles. The maximum atomic E-state index is 11.8. The first kappa shape index (κ1) is 13.7. The van der Waals surface area contributed by atoms with Gasteiger partial charge < -0.3 is 11.1 Å². The molecule has 94 valence electrons. The molecule has 1 amide bonds. The fraction of sp³-hybridized carbons (Fsp3) is 0.500. The van der Waals surface area contributed by atoms with Crippen molar-refractivity contribution < 1.29 is 4.79 Å². The molecule has 1 rings (SSSR count). The molecule has 17 heavy (non-hydrogen) atoms. The molecule has 3 atom stereocenters. The zero-order valence-corrected chi connectivity index (χ0v) is 11.0. The van der Waals surface area contributed by atoms with E-state index in [9.17, 15) is 4.79 Å². The van der Waals surface area contributed by atoms with Crippen LogP contribution in [-0.2, 0) is 4.79 Å². The first-order valence-electron chi connectivity index (χ1n) is 6.04. The standard InChI is InChI=1S/C14H22N2O/c1-9-5-7-13(8-6-9)12(4)16-14(17)10(2)11(3)15/h5-8,10-12H,15H2,1-4H3,(H,16,17). The van der Waals surface area contributed by atoms with Crippen LogP contribution in [0.5, 0.6) is 0 Å². The highest BCUT2D eigenvalue weighted by Gasteiger charge is 2.19. The quantitative estimate of drug-likeness (QED) is 0.838. The summed E-state index contributed by atoms with van der Waals surface area (Å²) in [6.07, 6.45) is 0. The summed E-state index contributed by atoms with van der Waals surface area (Å²) >= 11 is 0. The van der Waals surface area contributed by atoms with Crippen molar-refractivity contribution in [1.29, 1.82) is 0 Å². The van der Waals surface area contributed by atoms with Crippen molar-refractivity contribution in [3.8, 4) is 0 Å². The highest BCUT2D eigenvalue weighted by atomic mass is 16.1. The number of nitrogens with one attached hydrogen (secondary N) is 1. The summed E-state index contributed by atoms with van der Waals surface area (Å²) in [5.41, 5.74) is 8.04. The van der Waals surface area contributed by atoms with Crippen LogP contribution in [0.2, 0.25) is 0 Å². The normalized spacial score (nSPS) is 16.1. The molecule has 0 heterocycles. The summed E-state index contributed by atoms with van der Waals surface area (Å²) in [6.45, 7) is 7.73. The van der Waals surface area contributed by atoms with Gasteiger partial charge in [-0.3, -0.25) is 4.79 Å². The number of rotatable bonds is 4. The van der Waals surface area contributed by atoms with E-state index in [0.717, 1.165) is 5.56 Å². The third-order valence-corrected chi connectivity index (χ3v) is 3.14. The summed E-state index contributed by atoms with van der Waals surface area (Å²) in [5, 5.41) is 2.98. The second-order valence-corrected chi connectivity index (χ2v) is 4.79. The molecule has 0 bridgehead atoms. The van der Waals surface area contributed by atoms with E-state index in [1.165, 1.54) is 5.56 Å². The third kappa shape index (κ3) is 3.86. The van der Waals surface area contributed by atoms with Gasteiger partial charge in [-0.05, 0) is 26.3 Å². The second-order valence-electron chi connectivity index (χ2n) is 4.79. The lowest BCUT2D eigenvalue weighted by molar-refractivity contribution is -0.125. The molecular formula is C14H22N2O. The van der Waals surface area contributed by atoms with Gasteiger partial charge in [0, 0.05) is 12.0 Å². The molecule has 0 saturated carbocycles. The van der Waals surface area contributed by atoms with Crippen LogP contribution < -0.4 is 11.1 Å². The van der Waals surface area contributed by atoms with Crippen molar-refractivity contribution in [3.05, 3.63) is 35.4 Å². The maximum absolute atomic E-state index is 11.8. The van der Waals surface area contributed by atoms with Gasteiger partial charge >= 0.3 is 0 Å². The first-order chi connectivity index (χ1) is 7.91. The molecule has 3 nitrogen and oxygen atoms in total. The van der Waals surface area contributed by atoms with Crippen LogP contribution in [0.4, 0.5) is 0 Å². The fourth-order valence-electron chi connectivity index (χ4n) is 1.52. The summed E-state index contributed by atoms with van der Waals surface area (Å²) in [7, 11) is 0. The van der Waals surface area contributed by atoms with Gasteiger partial charge in [-0.25, -0.2) is 0 Å². The minimum atomic E-state index is -0.164. The lowest BCUT2D eigenvalue weighted by Gasteiger charge is -2.20. The Bertz CT molecular complexity index is 370. The number of amides is 1. The lowest BCUT2D eigenvalue weighted by Crippen LogP contribution is -2.39. The Morgan fingerprint density at radius 2 is 1.71 bits per heavy atom. The number of nitrogens with two attached hydrogens (primary N) is 1. The molecule has 3 N–H and O–H groups in total. The zero-order chi connectivity index (χ0) is 13.0. The summed E-state index contributed by atoms with van der Waals surface area (Å²) in [4.78, 5) is 11.8. The number of carbonyl (C=O) groups excluding carboxylic acids is 1. The van der Waals surface area contributed by atoms with E-state index < -0.39 is 0 Å². The lowest BCUT2D eigenvalue weighted by atomic mass is 10.0. The largest absolute Gasteiger partial charge is 0.349 e. The second kappa shape index (κ2) is 5.82. The Kier molecular flexibility index (Phi) is 4.70. The first-order valence-corrected chi connectivity index (χ1v) is 6.04. The maximum Gasteiger partial charge on any atom is 0.224 e. The molecule has 0 aliphatic heterocycles. The van der Waals surface area contributed by atoms with Crippen molar-refractivity contribution in [1.82, 2.24) is 5.32 Å². The molecule has 3 heteroatoms. The average Bonchev–Trinajstić information content (AvgIpc) is 2.28. The number of hydrogen-bond acceptors (Lipinski definition) is 2. The van der Waals surface area contributed by atoms with Crippen LogP contribution in [0.3, 0.4) is 0 Å². The van der Waals surface area contributed by atoms with Crippen molar-refractivity contribution in [3.63, 3.8) is 0 Å². The van der Waals surface area contributed by atoms with Crippen molar-refractivity contribution in [2.45, 2.75) is 39.8 Å². The predicted molar refractivity (Wildman–Crippen MR) is 70.6 cm³/mol. The third-order valence-electron chi connectivity index (χ3n) is 3.14. The summed E-state index contributed by atoms with van der Waals surface area (Å²) in [5.74, 6) is -0.157. The fourth-order valence-corrected chi connectivity index (χ4v) is 1.52. The van der Waals surface area contributed by atoms with Crippen LogP contribution in [0.15, 0.2) is 24.3 Å². The Balaban J connectivity index is 2.63. The predicted octanol–water partition coefficient (Wildman–Crippen LogP) is 2.16. The molecule has 1 aromatic carbocycles. The summed E-state index contributed by atoms with van der Waals surface area (Å²) in [6, 6.07) is 8.07. The minimum Gasteiger partial charge on any atom is -0.349 e. The van der Waals surface area contributed by atoms with E-state index in [0.29, 0.717) is 0 Å². The molecule has 1 aromatic rings. The Morgan fingerprint density at radius 1 is 1.18 bits per heavy atom. The van der Waals surface area contributed by atoms with E-state index in [1.807, 2.05) is 52.0 Å². The van der Waals surface area contributed by atoms with Crippen LogP contribution in [0.1, 0.15) is 37.9 Å². The molecule has 0 aliphatic rings. The van der Waals surface area contributed by atoms with E-state index in [1.54, 1.807) is 0 Å². The number of benzene rings is 1. The number of aryl methyl sites for hydroxylation is 1. The van der Waals surface area contributed by atoms with Gasteiger partial charge in [0.05, 0.1) is 6.04 Å². The van der Waals surface area contributed by atoms with E-state index in [4.69, 9.17) is 5.73 Å². The highest BCUT2D eigenvalue weighted by molar-refractivity contribution is 5.79. The molecular weight excluding hydrogens is 212 g/mol. The smallest absolute Gasteiger partial charge is 0.224 e. The van der Waals surface area contributed by atoms with Gasteiger partial charge in [-0.2, -0.15) is 0 Å². The van der Waals surface area contributed by atoms with Crippen LogP contribution in [0.25, 0.3) is 0 Å². The number of carbonyl (C=O) groups is 1. The van der Waals surface area contributed by atoms with Crippen molar-refractivity contribution in [2.75, 3.05) is 0 Å². The molecule has 0 fully saturated rings. The van der Waals surface area contributed by atoms with Crippen LogP contribution in [0, 0.1) is 12.8 Å². The highest BCUT2D eigenvalue weighted by Crippen LogP contribution is 2.14. The minimum absolute atomic E-state index is 0.00748. The van der Waals surface area contributed by atoms with Gasteiger partial charge in [0.1, 0.15) is 0 Å². The van der Waals surface area contributed by atoms with Gasteiger partial charge in [0.15, 0.2) is 0 Å². The zero-order valence-electron chi connectivity index (χ0n) is 11.0.